The maximum Gasteiger partial charge on any atom is 0.417 e. The van der Waals surface area contributed by atoms with Crippen LogP contribution in [0, 0.1) is 0 Å². The Morgan fingerprint density at radius 3 is 1.83 bits per heavy atom. The Hall–Kier alpha value is 0.270. The third-order valence-corrected chi connectivity index (χ3v) is 2.10. The summed E-state index contributed by atoms with van der Waals surface area (Å²) in [7, 11) is -2.40. The van der Waals surface area contributed by atoms with Gasteiger partial charge in [0, 0.05) is 10.7 Å². The Kier molecular flexibility index (Phi) is 9.57. The Morgan fingerprint density at radius 2 is 1.50 bits per heavy atom. The lowest BCUT2D eigenvalue weighted by Crippen LogP contribution is -1.70. The lowest BCUT2D eigenvalue weighted by Gasteiger charge is -1.97. The molecule has 0 saturated carbocycles. The molecule has 0 bridgehead atoms. The summed E-state index contributed by atoms with van der Waals surface area (Å²) in [6.07, 6.45) is 6.05. The Morgan fingerprint density at radius 1 is 1.08 bits per heavy atom. The van der Waals surface area contributed by atoms with Crippen molar-refractivity contribution in [2.24, 2.45) is 0 Å². The van der Waals surface area contributed by atoms with Gasteiger partial charge in [-0.25, -0.2) is 4.57 Å². The maximum absolute atomic E-state index is 10.8. The molecule has 0 saturated heterocycles. The van der Waals surface area contributed by atoms with Gasteiger partial charge in [0.2, 0.25) is 0 Å². The van der Waals surface area contributed by atoms with Crippen molar-refractivity contribution in [2.75, 3.05) is 10.7 Å². The molecule has 0 spiro atoms. The van der Waals surface area contributed by atoms with Crippen molar-refractivity contribution < 1.29 is 13.6 Å². The maximum atomic E-state index is 10.8. The molecule has 0 aliphatic carbocycles. The van der Waals surface area contributed by atoms with Crippen molar-refractivity contribution >= 4 is 40.1 Å². The lowest BCUT2D eigenvalue weighted by molar-refractivity contribution is 0.355. The van der Waals surface area contributed by atoms with Crippen molar-refractivity contribution in [3.63, 3.8) is 0 Å². The van der Waals surface area contributed by atoms with Crippen LogP contribution in [0.1, 0.15) is 0 Å². The minimum Gasteiger partial charge on any atom is -0.426 e. The molecule has 0 aliphatic heterocycles. The number of allylic oxidation sites excluding steroid dienone is 2. The smallest absolute Gasteiger partial charge is 0.417 e. The van der Waals surface area contributed by atoms with Gasteiger partial charge in [-0.3, -0.25) is 0 Å². The molecule has 0 fully saturated rings. The van der Waals surface area contributed by atoms with Crippen LogP contribution in [0.2, 0.25) is 0 Å². The first-order valence-corrected chi connectivity index (χ1v) is 6.57. The van der Waals surface area contributed by atoms with Gasteiger partial charge in [-0.2, -0.15) is 0 Å². The SMILES string of the molecule is O=[PH](OC=CCBr)OC=CCBr. The van der Waals surface area contributed by atoms with Gasteiger partial charge in [0.1, 0.15) is 0 Å². The van der Waals surface area contributed by atoms with Gasteiger partial charge in [-0.05, 0) is 12.2 Å². The fourth-order valence-electron chi connectivity index (χ4n) is 0.308. The minimum atomic E-state index is -2.40. The van der Waals surface area contributed by atoms with Gasteiger partial charge in [-0.15, -0.1) is 0 Å². The zero-order valence-corrected chi connectivity index (χ0v) is 10.4. The van der Waals surface area contributed by atoms with E-state index in [2.05, 4.69) is 40.9 Å². The third-order valence-electron chi connectivity index (χ3n) is 0.699. The molecule has 0 aromatic heterocycles. The van der Waals surface area contributed by atoms with Gasteiger partial charge in [0.05, 0.1) is 12.5 Å². The van der Waals surface area contributed by atoms with Crippen LogP contribution in [-0.4, -0.2) is 10.7 Å². The van der Waals surface area contributed by atoms with E-state index in [0.717, 1.165) is 0 Å². The molecule has 0 N–H and O–H groups in total. The van der Waals surface area contributed by atoms with Crippen molar-refractivity contribution in [2.45, 2.75) is 0 Å². The zero-order chi connectivity index (χ0) is 9.23. The first-order chi connectivity index (χ1) is 5.81. The molecule has 12 heavy (non-hydrogen) atoms. The van der Waals surface area contributed by atoms with Crippen molar-refractivity contribution in [1.29, 1.82) is 0 Å². The highest BCUT2D eigenvalue weighted by atomic mass is 79.9. The van der Waals surface area contributed by atoms with E-state index >= 15 is 0 Å². The largest absolute Gasteiger partial charge is 0.426 e. The fraction of sp³-hybridized carbons (Fsp3) is 0.333. The highest BCUT2D eigenvalue weighted by Crippen LogP contribution is 2.24. The number of halogens is 2. The Bertz CT molecular complexity index is 164. The molecular weight excluding hydrogens is 311 g/mol. The summed E-state index contributed by atoms with van der Waals surface area (Å²) in [5.41, 5.74) is 0. The van der Waals surface area contributed by atoms with Gasteiger partial charge in [0.15, 0.2) is 0 Å². The summed E-state index contributed by atoms with van der Waals surface area (Å²) in [6, 6.07) is 0. The predicted octanol–water partition coefficient (Wildman–Crippen LogP) is 3.23. The van der Waals surface area contributed by atoms with Crippen LogP contribution < -0.4 is 0 Å². The average molecular weight is 320 g/mol. The van der Waals surface area contributed by atoms with E-state index in [9.17, 15) is 4.57 Å². The molecule has 0 amide bonds. The van der Waals surface area contributed by atoms with Crippen molar-refractivity contribution in [1.82, 2.24) is 0 Å². The summed E-state index contributed by atoms with van der Waals surface area (Å²) in [6.45, 7) is 0. The zero-order valence-electron chi connectivity index (χ0n) is 6.20. The van der Waals surface area contributed by atoms with E-state index in [0.29, 0.717) is 10.7 Å². The van der Waals surface area contributed by atoms with Gasteiger partial charge in [0.25, 0.3) is 0 Å². The van der Waals surface area contributed by atoms with Crippen LogP contribution >= 0.6 is 40.1 Å². The molecule has 0 heterocycles. The molecule has 3 nitrogen and oxygen atoms in total. The molecule has 70 valence electrons. The second-order valence-corrected chi connectivity index (χ2v) is 3.80. The number of hydrogen-bond acceptors (Lipinski definition) is 3. The highest BCUT2D eigenvalue weighted by molar-refractivity contribution is 9.09. The van der Waals surface area contributed by atoms with Crippen LogP contribution in [-0.2, 0) is 13.6 Å². The normalized spacial score (nSPS) is 13.8. The number of rotatable bonds is 6. The van der Waals surface area contributed by atoms with Crippen LogP contribution in [0.3, 0.4) is 0 Å². The molecule has 0 aromatic carbocycles. The minimum absolute atomic E-state index is 0.666. The molecular formula is C6H9Br2O3P. The summed E-state index contributed by atoms with van der Waals surface area (Å²) in [5.74, 6) is 0. The van der Waals surface area contributed by atoms with Gasteiger partial charge < -0.3 is 9.05 Å². The van der Waals surface area contributed by atoms with Gasteiger partial charge in [-0.1, -0.05) is 31.9 Å². The van der Waals surface area contributed by atoms with E-state index in [1.807, 2.05) is 0 Å². The van der Waals surface area contributed by atoms with E-state index in [4.69, 9.17) is 0 Å². The predicted molar refractivity (Wildman–Crippen MR) is 57.0 cm³/mol. The van der Waals surface area contributed by atoms with Gasteiger partial charge >= 0.3 is 8.25 Å². The van der Waals surface area contributed by atoms with Crippen LogP contribution in [0.4, 0.5) is 0 Å². The van der Waals surface area contributed by atoms with Crippen LogP contribution in [0.15, 0.2) is 24.7 Å². The fourth-order valence-corrected chi connectivity index (χ4v) is 1.08. The van der Waals surface area contributed by atoms with Crippen LogP contribution in [0.5, 0.6) is 0 Å². The third kappa shape index (κ3) is 8.37. The van der Waals surface area contributed by atoms with E-state index < -0.39 is 8.25 Å². The molecule has 0 rings (SSSR count). The summed E-state index contributed by atoms with van der Waals surface area (Å²) < 4.78 is 20.2. The molecule has 0 radical (unpaired) electrons. The van der Waals surface area contributed by atoms with Crippen molar-refractivity contribution in [3.05, 3.63) is 24.7 Å². The van der Waals surface area contributed by atoms with Crippen LogP contribution in [0.25, 0.3) is 0 Å². The highest BCUT2D eigenvalue weighted by Gasteiger charge is 1.90. The molecule has 0 aromatic rings. The second kappa shape index (κ2) is 9.36. The molecule has 0 aliphatic rings. The summed E-state index contributed by atoms with van der Waals surface area (Å²) in [5, 5.41) is 1.33. The quantitative estimate of drug-likeness (QED) is 0.428. The van der Waals surface area contributed by atoms with E-state index in [1.54, 1.807) is 12.2 Å². The summed E-state index contributed by atoms with van der Waals surface area (Å²) >= 11 is 6.29. The monoisotopic (exact) mass is 318 g/mol. The number of hydrogen-bond donors (Lipinski definition) is 0. The van der Waals surface area contributed by atoms with Crippen molar-refractivity contribution in [3.8, 4) is 0 Å². The van der Waals surface area contributed by atoms with E-state index in [1.165, 1.54) is 12.5 Å². The number of alkyl halides is 2. The molecule has 6 heteroatoms. The average Bonchev–Trinajstić information content (AvgIpc) is 2.06. The molecule has 0 unspecified atom stereocenters. The lowest BCUT2D eigenvalue weighted by atomic mass is 10.7. The Labute approximate surface area is 89.0 Å². The standard InChI is InChI=1S/C6H9Br2O3P/c7-3-1-5-10-12(9)11-6-2-4-8/h1-2,5-6,12H,3-4H2. The second-order valence-electron chi connectivity index (χ2n) is 1.54. The Balaban J connectivity index is 3.46. The topological polar surface area (TPSA) is 35.5 Å². The summed E-state index contributed by atoms with van der Waals surface area (Å²) in [4.78, 5) is 0. The molecule has 0 atom stereocenters. The van der Waals surface area contributed by atoms with E-state index in [-0.39, 0.29) is 0 Å². The first kappa shape index (κ1) is 12.3. The first-order valence-electron chi connectivity index (χ1n) is 3.10.